The number of hydrogen-bond donors (Lipinski definition) is 2. The van der Waals surface area contributed by atoms with Gasteiger partial charge in [-0.1, -0.05) is 23.6 Å². The van der Waals surface area contributed by atoms with E-state index >= 15 is 0 Å². The summed E-state index contributed by atoms with van der Waals surface area (Å²) in [6, 6.07) is 1.92. The quantitative estimate of drug-likeness (QED) is 0.487. The third-order valence-electron chi connectivity index (χ3n) is 2.49. The van der Waals surface area contributed by atoms with Crippen molar-refractivity contribution in [1.29, 1.82) is 0 Å². The third-order valence-corrected chi connectivity index (χ3v) is 4.65. The average Bonchev–Trinajstić information content (AvgIpc) is 2.89. The minimum Gasteiger partial charge on any atom is -0.395 e. The van der Waals surface area contributed by atoms with Crippen molar-refractivity contribution in [1.82, 2.24) is 14.8 Å². The molecule has 0 unspecified atom stereocenters. The number of aromatic nitrogens is 3. The number of aryl methyl sites for hydroxylation is 1. The SMILES string of the molecule is Cn1[nH]c(=O)c(=O)nc1SCc1sccc1C#CCCO. The van der Waals surface area contributed by atoms with Crippen LogP contribution in [0.5, 0.6) is 0 Å². The summed E-state index contributed by atoms with van der Waals surface area (Å²) < 4.78 is 1.43. The number of H-pyrrole nitrogens is 1. The maximum absolute atomic E-state index is 11.3. The number of nitrogens with zero attached hydrogens (tertiary/aromatic N) is 2. The van der Waals surface area contributed by atoms with Crippen molar-refractivity contribution in [2.45, 2.75) is 17.3 Å². The van der Waals surface area contributed by atoms with Crippen LogP contribution in [0.3, 0.4) is 0 Å². The molecule has 0 saturated heterocycles. The van der Waals surface area contributed by atoms with Crippen molar-refractivity contribution in [2.24, 2.45) is 7.05 Å². The Morgan fingerprint density at radius 3 is 3.10 bits per heavy atom. The number of rotatable bonds is 4. The molecule has 8 heteroatoms. The van der Waals surface area contributed by atoms with Gasteiger partial charge in [-0.3, -0.25) is 19.4 Å². The number of aromatic amines is 1. The van der Waals surface area contributed by atoms with Gasteiger partial charge in [0.1, 0.15) is 0 Å². The standard InChI is InChI=1S/C13H13N3O3S2/c1-16-13(14-11(18)12(19)15-16)21-8-10-9(5-7-20-10)4-2-3-6-17/h5,7,17H,3,6,8H2,1H3,(H,15,19). The zero-order valence-corrected chi connectivity index (χ0v) is 12.9. The number of aliphatic hydroxyl groups excluding tert-OH is 1. The lowest BCUT2D eigenvalue weighted by molar-refractivity contribution is 0.305. The first-order chi connectivity index (χ1) is 10.1. The summed E-state index contributed by atoms with van der Waals surface area (Å²) in [6.45, 7) is 0.0463. The second-order valence-electron chi connectivity index (χ2n) is 4.02. The molecule has 0 aromatic carbocycles. The molecule has 2 N–H and O–H groups in total. The smallest absolute Gasteiger partial charge is 0.339 e. The van der Waals surface area contributed by atoms with E-state index in [-0.39, 0.29) is 6.61 Å². The van der Waals surface area contributed by atoms with Crippen LogP contribution in [0.4, 0.5) is 0 Å². The van der Waals surface area contributed by atoms with E-state index in [4.69, 9.17) is 5.11 Å². The summed E-state index contributed by atoms with van der Waals surface area (Å²) in [6.07, 6.45) is 0.443. The molecule has 0 saturated carbocycles. The van der Waals surface area contributed by atoms with E-state index in [2.05, 4.69) is 21.9 Å². The van der Waals surface area contributed by atoms with Gasteiger partial charge in [0.2, 0.25) is 0 Å². The minimum absolute atomic E-state index is 0.0463. The molecule has 2 rings (SSSR count). The van der Waals surface area contributed by atoms with Crippen LogP contribution >= 0.6 is 23.1 Å². The van der Waals surface area contributed by atoms with Gasteiger partial charge in [0, 0.05) is 29.7 Å². The first kappa shape index (κ1) is 15.6. The minimum atomic E-state index is -0.787. The topological polar surface area (TPSA) is 88.0 Å². The van der Waals surface area contributed by atoms with Gasteiger partial charge in [0.25, 0.3) is 0 Å². The van der Waals surface area contributed by atoms with E-state index in [0.29, 0.717) is 17.3 Å². The predicted octanol–water partition coefficient (Wildman–Crippen LogP) is 0.556. The van der Waals surface area contributed by atoms with Gasteiger partial charge in [0.05, 0.1) is 6.61 Å². The molecule has 21 heavy (non-hydrogen) atoms. The molecule has 110 valence electrons. The maximum atomic E-state index is 11.3. The van der Waals surface area contributed by atoms with Crippen molar-refractivity contribution in [3.63, 3.8) is 0 Å². The lowest BCUT2D eigenvalue weighted by atomic mass is 10.2. The Kier molecular flexibility index (Phi) is 5.38. The first-order valence-corrected chi connectivity index (χ1v) is 7.94. The predicted molar refractivity (Wildman–Crippen MR) is 82.6 cm³/mol. The molecule has 2 heterocycles. The van der Waals surface area contributed by atoms with Crippen molar-refractivity contribution in [3.8, 4) is 11.8 Å². The maximum Gasteiger partial charge on any atom is 0.339 e. The highest BCUT2D eigenvalue weighted by Gasteiger charge is 2.08. The lowest BCUT2D eigenvalue weighted by Gasteiger charge is -2.05. The van der Waals surface area contributed by atoms with Gasteiger partial charge < -0.3 is 5.11 Å². The van der Waals surface area contributed by atoms with Gasteiger partial charge in [-0.05, 0) is 11.4 Å². The Hall–Kier alpha value is -1.82. The molecule has 0 spiro atoms. The first-order valence-electron chi connectivity index (χ1n) is 6.08. The molecule has 0 radical (unpaired) electrons. The van der Waals surface area contributed by atoms with E-state index in [9.17, 15) is 9.59 Å². The second-order valence-corrected chi connectivity index (χ2v) is 5.96. The summed E-state index contributed by atoms with van der Waals surface area (Å²) in [7, 11) is 1.63. The van der Waals surface area contributed by atoms with Gasteiger partial charge >= 0.3 is 11.1 Å². The normalized spacial score (nSPS) is 10.2. The van der Waals surface area contributed by atoms with Crippen LogP contribution in [0.2, 0.25) is 0 Å². The molecule has 0 fully saturated rings. The monoisotopic (exact) mass is 323 g/mol. The fraction of sp³-hybridized carbons (Fsp3) is 0.308. The van der Waals surface area contributed by atoms with Gasteiger partial charge in [-0.25, -0.2) is 0 Å². The largest absolute Gasteiger partial charge is 0.395 e. The fourth-order valence-electron chi connectivity index (χ4n) is 1.50. The van der Waals surface area contributed by atoms with Crippen LogP contribution in [-0.2, 0) is 12.8 Å². The summed E-state index contributed by atoms with van der Waals surface area (Å²) in [5.41, 5.74) is -0.603. The van der Waals surface area contributed by atoms with Crippen molar-refractivity contribution < 1.29 is 5.11 Å². The zero-order valence-electron chi connectivity index (χ0n) is 11.3. The molecule has 0 aliphatic rings. The van der Waals surface area contributed by atoms with E-state index in [1.54, 1.807) is 18.4 Å². The molecule has 0 aliphatic carbocycles. The van der Waals surface area contributed by atoms with Crippen LogP contribution < -0.4 is 11.1 Å². The number of aliphatic hydroxyl groups is 1. The van der Waals surface area contributed by atoms with Crippen LogP contribution in [-0.4, -0.2) is 26.5 Å². The summed E-state index contributed by atoms with van der Waals surface area (Å²) in [5, 5.41) is 13.5. The number of thioether (sulfide) groups is 1. The number of nitrogens with one attached hydrogen (secondary N) is 1. The number of hydrogen-bond acceptors (Lipinski definition) is 6. The molecule has 0 bridgehead atoms. The molecule has 0 atom stereocenters. The van der Waals surface area contributed by atoms with Crippen LogP contribution in [0.1, 0.15) is 16.9 Å². The lowest BCUT2D eigenvalue weighted by Crippen LogP contribution is -2.33. The molecule has 0 aliphatic heterocycles. The Morgan fingerprint density at radius 1 is 1.52 bits per heavy atom. The van der Waals surface area contributed by atoms with Crippen LogP contribution in [0, 0.1) is 11.8 Å². The molecule has 2 aromatic rings. The summed E-state index contributed by atoms with van der Waals surface area (Å²) in [5.74, 6) is 6.49. The van der Waals surface area contributed by atoms with Crippen molar-refractivity contribution in [3.05, 3.63) is 42.6 Å². The fourth-order valence-corrected chi connectivity index (χ4v) is 3.36. The molecular weight excluding hydrogens is 310 g/mol. The Labute approximate surface area is 128 Å². The van der Waals surface area contributed by atoms with Gasteiger partial charge in [0.15, 0.2) is 5.16 Å². The number of thiophene rings is 1. The zero-order chi connectivity index (χ0) is 15.2. The molecule has 0 amide bonds. The highest BCUT2D eigenvalue weighted by atomic mass is 32.2. The average molecular weight is 323 g/mol. The summed E-state index contributed by atoms with van der Waals surface area (Å²) >= 11 is 2.92. The van der Waals surface area contributed by atoms with E-state index < -0.39 is 11.1 Å². The molecular formula is C13H13N3O3S2. The highest BCUT2D eigenvalue weighted by molar-refractivity contribution is 7.98. The van der Waals surface area contributed by atoms with Crippen molar-refractivity contribution in [2.75, 3.05) is 6.61 Å². The molecule has 2 aromatic heterocycles. The molecule has 6 nitrogen and oxygen atoms in total. The summed E-state index contributed by atoms with van der Waals surface area (Å²) in [4.78, 5) is 27.2. The Morgan fingerprint density at radius 2 is 2.33 bits per heavy atom. The highest BCUT2D eigenvalue weighted by Crippen LogP contribution is 2.25. The van der Waals surface area contributed by atoms with Gasteiger partial charge in [-0.15, -0.1) is 11.3 Å². The van der Waals surface area contributed by atoms with E-state index in [1.807, 2.05) is 11.4 Å². The van der Waals surface area contributed by atoms with Crippen LogP contribution in [0.25, 0.3) is 0 Å². The Balaban J connectivity index is 2.13. The third kappa shape index (κ3) is 4.07. The van der Waals surface area contributed by atoms with E-state index in [1.165, 1.54) is 16.4 Å². The second kappa shape index (κ2) is 7.26. The Bertz CT molecular complexity index is 795. The van der Waals surface area contributed by atoms with Crippen molar-refractivity contribution >= 4 is 23.1 Å². The van der Waals surface area contributed by atoms with Gasteiger partial charge in [-0.2, -0.15) is 4.98 Å². The van der Waals surface area contributed by atoms with E-state index in [0.717, 1.165) is 10.4 Å². The van der Waals surface area contributed by atoms with Crippen LogP contribution in [0.15, 0.2) is 26.2 Å².